The molecule has 1 aliphatic heterocycles. The zero-order chi connectivity index (χ0) is 17.9. The molecule has 126 valence electrons. The number of benzene rings is 2. The van der Waals surface area contributed by atoms with E-state index in [1.54, 1.807) is 0 Å². The van der Waals surface area contributed by atoms with Crippen LogP contribution in [0.3, 0.4) is 0 Å². The van der Waals surface area contributed by atoms with Gasteiger partial charge in [-0.15, -0.1) is 0 Å². The summed E-state index contributed by atoms with van der Waals surface area (Å²) < 4.78 is 0. The number of nitrogens with zero attached hydrogens (tertiary/aromatic N) is 2. The molecule has 0 fully saturated rings. The van der Waals surface area contributed by atoms with E-state index in [2.05, 4.69) is 22.4 Å². The van der Waals surface area contributed by atoms with Crippen molar-refractivity contribution < 1.29 is 4.79 Å². The minimum Gasteiger partial charge on any atom is -0.326 e. The number of pyridine rings is 1. The zero-order valence-corrected chi connectivity index (χ0v) is 14.2. The van der Waals surface area contributed by atoms with Crippen molar-refractivity contribution in [3.05, 3.63) is 83.2 Å². The number of rotatable bonds is 4. The summed E-state index contributed by atoms with van der Waals surface area (Å²) in [6.07, 6.45) is 5.98. The molecular weight excluding hydrogens is 322 g/mol. The van der Waals surface area contributed by atoms with Crippen molar-refractivity contribution in [2.45, 2.75) is 19.3 Å². The van der Waals surface area contributed by atoms with E-state index < -0.39 is 0 Å². The molecule has 1 N–H and O–H groups in total. The third-order valence-electron chi connectivity index (χ3n) is 4.65. The first-order valence-electron chi connectivity index (χ1n) is 8.57. The van der Waals surface area contributed by atoms with Gasteiger partial charge in [-0.3, -0.25) is 9.78 Å². The van der Waals surface area contributed by atoms with Crippen LogP contribution in [0.5, 0.6) is 0 Å². The normalized spacial score (nSPS) is 12.3. The lowest BCUT2D eigenvalue weighted by atomic mass is 10.00. The van der Waals surface area contributed by atoms with Crippen LogP contribution in [0.25, 0.3) is 11.1 Å². The average Bonchev–Trinajstić information content (AvgIpc) is 3.06. The SMILES string of the molecule is N#Cc1ccc(CCc2cncc(-c3ccc4c(c3)NC(=O)C4)c2)cc1. The number of fused-ring (bicyclic) bond motifs is 1. The zero-order valence-electron chi connectivity index (χ0n) is 14.2. The Morgan fingerprint density at radius 3 is 2.58 bits per heavy atom. The molecule has 0 spiro atoms. The first-order chi connectivity index (χ1) is 12.7. The number of nitrogens with one attached hydrogen (secondary N) is 1. The predicted molar refractivity (Wildman–Crippen MR) is 101 cm³/mol. The molecule has 1 amide bonds. The Bertz CT molecular complexity index is 1020. The van der Waals surface area contributed by atoms with Gasteiger partial charge >= 0.3 is 0 Å². The number of hydrogen-bond donors (Lipinski definition) is 1. The average molecular weight is 339 g/mol. The Morgan fingerprint density at radius 1 is 0.962 bits per heavy atom. The summed E-state index contributed by atoms with van der Waals surface area (Å²) in [6.45, 7) is 0. The summed E-state index contributed by atoms with van der Waals surface area (Å²) in [5.41, 5.74) is 7.09. The van der Waals surface area contributed by atoms with Gasteiger partial charge < -0.3 is 5.32 Å². The van der Waals surface area contributed by atoms with E-state index in [1.807, 2.05) is 54.9 Å². The van der Waals surface area contributed by atoms with Gasteiger partial charge in [-0.05, 0) is 59.4 Å². The van der Waals surface area contributed by atoms with Crippen molar-refractivity contribution in [3.8, 4) is 17.2 Å². The molecule has 26 heavy (non-hydrogen) atoms. The Morgan fingerprint density at radius 2 is 1.77 bits per heavy atom. The molecule has 0 atom stereocenters. The van der Waals surface area contributed by atoms with Crippen molar-refractivity contribution >= 4 is 11.6 Å². The van der Waals surface area contributed by atoms with Crippen LogP contribution in [-0.2, 0) is 24.1 Å². The first kappa shape index (κ1) is 16.0. The lowest BCUT2D eigenvalue weighted by molar-refractivity contribution is -0.115. The topological polar surface area (TPSA) is 65.8 Å². The fourth-order valence-electron chi connectivity index (χ4n) is 3.21. The molecule has 1 aromatic heterocycles. The summed E-state index contributed by atoms with van der Waals surface area (Å²) >= 11 is 0. The Hall–Kier alpha value is -3.45. The van der Waals surface area contributed by atoms with Crippen LogP contribution in [0.1, 0.15) is 22.3 Å². The van der Waals surface area contributed by atoms with Gasteiger partial charge in [-0.2, -0.15) is 5.26 Å². The van der Waals surface area contributed by atoms with Crippen LogP contribution < -0.4 is 5.32 Å². The van der Waals surface area contributed by atoms with Crippen LogP contribution in [0.4, 0.5) is 5.69 Å². The van der Waals surface area contributed by atoms with E-state index in [0.29, 0.717) is 12.0 Å². The highest BCUT2D eigenvalue weighted by Crippen LogP contribution is 2.29. The molecule has 2 heterocycles. The standard InChI is InChI=1S/C22H17N3O/c23-12-16-4-1-15(2-5-16)3-6-17-9-20(14-24-13-17)18-7-8-19-11-22(26)25-21(19)10-18/h1-2,4-5,7-10,13-14H,3,6,11H2,(H,25,26). The van der Waals surface area contributed by atoms with Crippen molar-refractivity contribution in [2.75, 3.05) is 5.32 Å². The van der Waals surface area contributed by atoms with E-state index >= 15 is 0 Å². The molecule has 4 rings (SSSR count). The molecule has 0 saturated heterocycles. The Labute approximate surface area is 152 Å². The van der Waals surface area contributed by atoms with Gasteiger partial charge in [0.15, 0.2) is 0 Å². The van der Waals surface area contributed by atoms with Crippen LogP contribution in [0.2, 0.25) is 0 Å². The van der Waals surface area contributed by atoms with Crippen molar-refractivity contribution in [1.29, 1.82) is 5.26 Å². The predicted octanol–water partition coefficient (Wildman–Crippen LogP) is 3.90. The molecule has 0 unspecified atom stereocenters. The Balaban J connectivity index is 1.51. The van der Waals surface area contributed by atoms with Crippen LogP contribution in [0.15, 0.2) is 60.9 Å². The van der Waals surface area contributed by atoms with Gasteiger partial charge in [0.1, 0.15) is 0 Å². The van der Waals surface area contributed by atoms with E-state index in [4.69, 9.17) is 5.26 Å². The molecule has 4 heteroatoms. The number of aryl methyl sites for hydroxylation is 2. The highest BCUT2D eigenvalue weighted by atomic mass is 16.1. The van der Waals surface area contributed by atoms with E-state index in [0.717, 1.165) is 40.8 Å². The second-order valence-corrected chi connectivity index (χ2v) is 6.49. The van der Waals surface area contributed by atoms with Crippen LogP contribution in [0, 0.1) is 11.3 Å². The van der Waals surface area contributed by atoms with Crippen molar-refractivity contribution in [1.82, 2.24) is 4.98 Å². The van der Waals surface area contributed by atoms with Crippen LogP contribution in [-0.4, -0.2) is 10.9 Å². The van der Waals surface area contributed by atoms with Gasteiger partial charge in [-0.1, -0.05) is 24.3 Å². The number of carbonyl (C=O) groups excluding carboxylic acids is 1. The molecule has 2 aromatic carbocycles. The van der Waals surface area contributed by atoms with Crippen LogP contribution >= 0.6 is 0 Å². The van der Waals surface area contributed by atoms with E-state index in [1.165, 1.54) is 5.56 Å². The highest BCUT2D eigenvalue weighted by molar-refractivity contribution is 5.99. The number of nitriles is 1. The van der Waals surface area contributed by atoms with E-state index in [-0.39, 0.29) is 5.91 Å². The summed E-state index contributed by atoms with van der Waals surface area (Å²) in [5, 5.41) is 11.8. The fraction of sp³-hybridized carbons (Fsp3) is 0.136. The number of aromatic nitrogens is 1. The van der Waals surface area contributed by atoms with Crippen molar-refractivity contribution in [3.63, 3.8) is 0 Å². The number of anilines is 1. The summed E-state index contributed by atoms with van der Waals surface area (Å²) in [5.74, 6) is 0.0476. The second kappa shape index (κ2) is 6.81. The summed E-state index contributed by atoms with van der Waals surface area (Å²) in [6, 6.07) is 18.0. The van der Waals surface area contributed by atoms with Gasteiger partial charge in [0.05, 0.1) is 18.1 Å². The fourth-order valence-corrected chi connectivity index (χ4v) is 3.21. The first-order valence-corrected chi connectivity index (χ1v) is 8.57. The minimum absolute atomic E-state index is 0.0476. The summed E-state index contributed by atoms with van der Waals surface area (Å²) in [4.78, 5) is 15.9. The minimum atomic E-state index is 0.0476. The maximum Gasteiger partial charge on any atom is 0.228 e. The van der Waals surface area contributed by atoms with Gasteiger partial charge in [0.25, 0.3) is 0 Å². The smallest absolute Gasteiger partial charge is 0.228 e. The molecule has 0 bridgehead atoms. The number of amides is 1. The maximum absolute atomic E-state index is 11.5. The van der Waals surface area contributed by atoms with Gasteiger partial charge in [-0.25, -0.2) is 0 Å². The molecule has 1 aliphatic rings. The molecule has 4 nitrogen and oxygen atoms in total. The largest absolute Gasteiger partial charge is 0.326 e. The number of hydrogen-bond acceptors (Lipinski definition) is 3. The monoisotopic (exact) mass is 339 g/mol. The Kier molecular flexibility index (Phi) is 4.20. The molecule has 0 aliphatic carbocycles. The second-order valence-electron chi connectivity index (χ2n) is 6.49. The number of carbonyl (C=O) groups is 1. The molecular formula is C22H17N3O. The molecule has 3 aromatic rings. The van der Waals surface area contributed by atoms with Gasteiger partial charge in [0, 0.05) is 23.6 Å². The van der Waals surface area contributed by atoms with E-state index in [9.17, 15) is 4.79 Å². The van der Waals surface area contributed by atoms with Crippen molar-refractivity contribution in [2.24, 2.45) is 0 Å². The maximum atomic E-state index is 11.5. The third kappa shape index (κ3) is 3.33. The summed E-state index contributed by atoms with van der Waals surface area (Å²) in [7, 11) is 0. The third-order valence-corrected chi connectivity index (χ3v) is 4.65. The lowest BCUT2D eigenvalue weighted by Crippen LogP contribution is -2.03. The molecule has 0 radical (unpaired) electrons. The molecule has 0 saturated carbocycles. The highest BCUT2D eigenvalue weighted by Gasteiger charge is 2.17. The van der Waals surface area contributed by atoms with Gasteiger partial charge in [0.2, 0.25) is 5.91 Å². The lowest BCUT2D eigenvalue weighted by Gasteiger charge is -2.07. The quantitative estimate of drug-likeness (QED) is 0.784.